The number of aliphatic imine (C=N–C) groups is 1. The van der Waals surface area contributed by atoms with Crippen LogP contribution in [0.1, 0.15) is 24.8 Å². The van der Waals surface area contributed by atoms with E-state index in [-0.39, 0.29) is 5.97 Å². The van der Waals surface area contributed by atoms with Crippen molar-refractivity contribution in [1.82, 2.24) is 10.2 Å². The first-order chi connectivity index (χ1) is 10.6. The van der Waals surface area contributed by atoms with Crippen LogP contribution in [0.5, 0.6) is 0 Å². The standard InChI is InChI=1S/C16H24ClN3O2/c1-18-16(19-10-5-4-9-15(21)22-3)20(2)12-13-7-6-8-14(17)11-13/h6-8,11H,4-5,9-10,12H2,1-3H3,(H,18,19). The van der Waals surface area contributed by atoms with Crippen molar-refractivity contribution in [3.8, 4) is 0 Å². The first-order valence-corrected chi connectivity index (χ1v) is 7.67. The van der Waals surface area contributed by atoms with Gasteiger partial charge in [-0.2, -0.15) is 0 Å². The maximum absolute atomic E-state index is 11.0. The van der Waals surface area contributed by atoms with Gasteiger partial charge in [-0.15, -0.1) is 0 Å². The first-order valence-electron chi connectivity index (χ1n) is 7.30. The number of carbonyl (C=O) groups is 1. The van der Waals surface area contributed by atoms with Gasteiger partial charge in [0.1, 0.15) is 0 Å². The topological polar surface area (TPSA) is 53.9 Å². The molecule has 0 amide bonds. The molecule has 0 radical (unpaired) electrons. The van der Waals surface area contributed by atoms with Crippen molar-refractivity contribution in [2.75, 3.05) is 27.7 Å². The van der Waals surface area contributed by atoms with E-state index in [4.69, 9.17) is 11.6 Å². The molecule has 5 nitrogen and oxygen atoms in total. The van der Waals surface area contributed by atoms with Crippen molar-refractivity contribution < 1.29 is 9.53 Å². The monoisotopic (exact) mass is 325 g/mol. The van der Waals surface area contributed by atoms with Crippen molar-refractivity contribution in [2.24, 2.45) is 4.99 Å². The first kappa shape index (κ1) is 18.3. The molecule has 1 aromatic carbocycles. The average Bonchev–Trinajstić information content (AvgIpc) is 2.50. The second-order valence-electron chi connectivity index (χ2n) is 4.99. The third kappa shape index (κ3) is 6.80. The van der Waals surface area contributed by atoms with Crippen LogP contribution in [0.15, 0.2) is 29.3 Å². The second-order valence-corrected chi connectivity index (χ2v) is 5.43. The Morgan fingerprint density at radius 3 is 2.82 bits per heavy atom. The molecule has 0 aliphatic carbocycles. The number of methoxy groups -OCH3 is 1. The van der Waals surface area contributed by atoms with Crippen LogP contribution >= 0.6 is 11.6 Å². The van der Waals surface area contributed by atoms with Crippen LogP contribution in [0.2, 0.25) is 5.02 Å². The van der Waals surface area contributed by atoms with Crippen molar-refractivity contribution in [1.29, 1.82) is 0 Å². The molecule has 1 aromatic rings. The van der Waals surface area contributed by atoms with Crippen molar-refractivity contribution >= 4 is 23.5 Å². The molecule has 0 saturated carbocycles. The average molecular weight is 326 g/mol. The second kappa shape index (κ2) is 10.1. The smallest absolute Gasteiger partial charge is 0.305 e. The lowest BCUT2D eigenvalue weighted by Crippen LogP contribution is -2.38. The zero-order valence-corrected chi connectivity index (χ0v) is 14.2. The summed E-state index contributed by atoms with van der Waals surface area (Å²) in [4.78, 5) is 17.3. The summed E-state index contributed by atoms with van der Waals surface area (Å²) >= 11 is 6.00. The fourth-order valence-electron chi connectivity index (χ4n) is 2.07. The molecule has 1 N–H and O–H groups in total. The molecular formula is C16H24ClN3O2. The molecule has 22 heavy (non-hydrogen) atoms. The molecule has 0 aliphatic heterocycles. The molecule has 0 atom stereocenters. The minimum atomic E-state index is -0.164. The zero-order valence-electron chi connectivity index (χ0n) is 13.4. The Balaban J connectivity index is 2.36. The van der Waals surface area contributed by atoms with Gasteiger partial charge >= 0.3 is 5.97 Å². The maximum Gasteiger partial charge on any atom is 0.305 e. The number of benzene rings is 1. The number of hydrogen-bond donors (Lipinski definition) is 1. The van der Waals surface area contributed by atoms with Gasteiger partial charge in [-0.25, -0.2) is 0 Å². The molecular weight excluding hydrogens is 302 g/mol. The number of nitrogens with zero attached hydrogens (tertiary/aromatic N) is 2. The van der Waals surface area contributed by atoms with E-state index in [9.17, 15) is 4.79 Å². The number of carbonyl (C=O) groups excluding carboxylic acids is 1. The zero-order chi connectivity index (χ0) is 16.4. The third-order valence-electron chi connectivity index (χ3n) is 3.20. The van der Waals surface area contributed by atoms with Gasteiger partial charge in [0.25, 0.3) is 0 Å². The molecule has 122 valence electrons. The summed E-state index contributed by atoms with van der Waals surface area (Å²) in [6, 6.07) is 7.78. The molecule has 0 spiro atoms. The minimum absolute atomic E-state index is 0.164. The summed E-state index contributed by atoms with van der Waals surface area (Å²) in [5.41, 5.74) is 1.13. The maximum atomic E-state index is 11.0. The van der Waals surface area contributed by atoms with E-state index in [2.05, 4.69) is 15.0 Å². The number of rotatable bonds is 7. The van der Waals surface area contributed by atoms with Crippen LogP contribution in [0.4, 0.5) is 0 Å². The van der Waals surface area contributed by atoms with Crippen LogP contribution in [-0.2, 0) is 16.1 Å². The summed E-state index contributed by atoms with van der Waals surface area (Å²) in [5, 5.41) is 4.02. The largest absolute Gasteiger partial charge is 0.469 e. The van der Waals surface area contributed by atoms with E-state index in [1.807, 2.05) is 36.2 Å². The van der Waals surface area contributed by atoms with Crippen LogP contribution in [0, 0.1) is 0 Å². The number of unbranched alkanes of at least 4 members (excludes halogenated alkanes) is 1. The Hall–Kier alpha value is -1.75. The number of esters is 1. The predicted molar refractivity (Wildman–Crippen MR) is 90.1 cm³/mol. The molecule has 1 rings (SSSR count). The predicted octanol–water partition coefficient (Wildman–Crippen LogP) is 2.69. The number of halogens is 1. The summed E-state index contributed by atoms with van der Waals surface area (Å²) in [6.45, 7) is 1.49. The summed E-state index contributed by atoms with van der Waals surface area (Å²) in [5.74, 6) is 0.653. The van der Waals surface area contributed by atoms with E-state index < -0.39 is 0 Å². The van der Waals surface area contributed by atoms with Crippen LogP contribution in [0.3, 0.4) is 0 Å². The molecule has 0 saturated heterocycles. The molecule has 0 aliphatic rings. The van der Waals surface area contributed by atoms with Gasteiger partial charge in [0.05, 0.1) is 7.11 Å². The minimum Gasteiger partial charge on any atom is -0.469 e. The van der Waals surface area contributed by atoms with Gasteiger partial charge in [-0.05, 0) is 30.5 Å². The molecule has 6 heteroatoms. The SMILES string of the molecule is CN=C(NCCCCC(=O)OC)N(C)Cc1cccc(Cl)c1. The molecule has 0 heterocycles. The van der Waals surface area contributed by atoms with Gasteiger partial charge in [-0.1, -0.05) is 23.7 Å². The van der Waals surface area contributed by atoms with Crippen molar-refractivity contribution in [3.05, 3.63) is 34.9 Å². The van der Waals surface area contributed by atoms with Gasteiger partial charge in [0.2, 0.25) is 0 Å². The highest BCUT2D eigenvalue weighted by molar-refractivity contribution is 6.30. The molecule has 0 aromatic heterocycles. The van der Waals surface area contributed by atoms with E-state index in [0.29, 0.717) is 6.42 Å². The van der Waals surface area contributed by atoms with E-state index >= 15 is 0 Å². The Kier molecular flexibility index (Phi) is 8.36. The highest BCUT2D eigenvalue weighted by Crippen LogP contribution is 2.12. The highest BCUT2D eigenvalue weighted by Gasteiger charge is 2.07. The van der Waals surface area contributed by atoms with E-state index in [1.165, 1.54) is 7.11 Å². The lowest BCUT2D eigenvalue weighted by molar-refractivity contribution is -0.140. The van der Waals surface area contributed by atoms with Crippen LogP contribution in [0.25, 0.3) is 0 Å². The molecule has 0 unspecified atom stereocenters. The Labute approximate surface area is 137 Å². The Bertz CT molecular complexity index is 506. The van der Waals surface area contributed by atoms with Gasteiger partial charge < -0.3 is 15.0 Å². The molecule has 0 bridgehead atoms. The number of guanidine groups is 1. The highest BCUT2D eigenvalue weighted by atomic mass is 35.5. The summed E-state index contributed by atoms with van der Waals surface area (Å²) in [7, 11) is 5.14. The number of nitrogens with one attached hydrogen (secondary N) is 1. The number of hydrogen-bond acceptors (Lipinski definition) is 3. The fraction of sp³-hybridized carbons (Fsp3) is 0.500. The lowest BCUT2D eigenvalue weighted by atomic mass is 10.2. The summed E-state index contributed by atoms with van der Waals surface area (Å²) < 4.78 is 4.61. The van der Waals surface area contributed by atoms with Crippen LogP contribution < -0.4 is 5.32 Å². The van der Waals surface area contributed by atoms with Gasteiger partial charge in [-0.3, -0.25) is 9.79 Å². The normalized spacial score (nSPS) is 11.2. The van der Waals surface area contributed by atoms with Gasteiger partial charge in [0, 0.05) is 38.6 Å². The van der Waals surface area contributed by atoms with Crippen molar-refractivity contribution in [2.45, 2.75) is 25.8 Å². The number of ether oxygens (including phenoxy) is 1. The third-order valence-corrected chi connectivity index (χ3v) is 3.44. The van der Waals surface area contributed by atoms with E-state index in [1.54, 1.807) is 7.05 Å². The quantitative estimate of drug-likeness (QED) is 0.362. The summed E-state index contributed by atoms with van der Waals surface area (Å²) in [6.07, 6.45) is 2.14. The van der Waals surface area contributed by atoms with Gasteiger partial charge in [0.15, 0.2) is 5.96 Å². The van der Waals surface area contributed by atoms with E-state index in [0.717, 1.165) is 42.5 Å². The Morgan fingerprint density at radius 1 is 1.41 bits per heavy atom. The lowest BCUT2D eigenvalue weighted by Gasteiger charge is -2.22. The Morgan fingerprint density at radius 2 is 2.18 bits per heavy atom. The van der Waals surface area contributed by atoms with Crippen LogP contribution in [-0.4, -0.2) is 44.6 Å². The van der Waals surface area contributed by atoms with Crippen molar-refractivity contribution in [3.63, 3.8) is 0 Å². The fourth-order valence-corrected chi connectivity index (χ4v) is 2.28. The molecule has 0 fully saturated rings.